The first kappa shape index (κ1) is 19.3. The van der Waals surface area contributed by atoms with Crippen LogP contribution in [0.2, 0.25) is 0 Å². The fourth-order valence-corrected chi connectivity index (χ4v) is 2.75. The van der Waals surface area contributed by atoms with Gasteiger partial charge in [0.1, 0.15) is 0 Å². The zero-order valence-electron chi connectivity index (χ0n) is 14.7. The quantitative estimate of drug-likeness (QED) is 0.216. The molecule has 0 aliphatic rings. The maximum absolute atomic E-state index is 2.20. The predicted molar refractivity (Wildman–Crippen MR) is 104 cm³/mol. The van der Waals surface area contributed by atoms with Gasteiger partial charge in [-0.1, -0.05) is 85.6 Å². The van der Waals surface area contributed by atoms with Crippen LogP contribution in [0, 0.1) is 13.8 Å². The first-order valence-electron chi connectivity index (χ1n) is 8.30. The van der Waals surface area contributed by atoms with E-state index in [0.717, 1.165) is 0 Å². The van der Waals surface area contributed by atoms with Crippen molar-refractivity contribution in [1.29, 1.82) is 0 Å². The number of hydrogen-bond acceptors (Lipinski definition) is 0. The fourth-order valence-electron chi connectivity index (χ4n) is 2.75. The zero-order valence-corrected chi connectivity index (χ0v) is 18.3. The second-order valence-corrected chi connectivity index (χ2v) is 6.09. The number of aryl methyl sites for hydroxylation is 2. The van der Waals surface area contributed by atoms with Gasteiger partial charge in [0.25, 0.3) is 0 Å². The third-order valence-corrected chi connectivity index (χ3v) is 4.03. The molecule has 0 aromatic heterocycles. The van der Waals surface area contributed by atoms with E-state index >= 15 is 0 Å². The molecule has 0 saturated carbocycles. The molecule has 4 aromatic carbocycles. The summed E-state index contributed by atoms with van der Waals surface area (Å²) < 4.78 is 0. The van der Waals surface area contributed by atoms with Gasteiger partial charge in [-0.3, -0.25) is 0 Å². The van der Waals surface area contributed by atoms with Crippen LogP contribution in [0.5, 0.6) is 0 Å². The molecule has 124 valence electrons. The van der Waals surface area contributed by atoms with Crippen molar-refractivity contribution in [2.75, 3.05) is 0 Å². The number of hydrogen-bond donors (Lipinski definition) is 0. The van der Waals surface area contributed by atoms with Crippen molar-refractivity contribution in [3.63, 3.8) is 0 Å². The van der Waals surface area contributed by atoms with Crippen LogP contribution in [-0.2, 0) is 25.8 Å². The summed E-state index contributed by atoms with van der Waals surface area (Å²) >= 11 is 0. The Morgan fingerprint density at radius 2 is 0.880 bits per heavy atom. The summed E-state index contributed by atoms with van der Waals surface area (Å²) in [5.41, 5.74) is 7.88. The summed E-state index contributed by atoms with van der Waals surface area (Å²) in [6, 6.07) is 33.9. The number of rotatable bonds is 2. The third-order valence-electron chi connectivity index (χ3n) is 4.03. The van der Waals surface area contributed by atoms with E-state index in [9.17, 15) is 0 Å². The van der Waals surface area contributed by atoms with E-state index in [0.29, 0.717) is 0 Å². The SMILES string of the molecule is Cc1cc(-c2ccccc2)c[cH-]1.Cc1cc(-c2ccccc2)c[cH-]1.[Hf]. The average Bonchev–Trinajstić information content (AvgIpc) is 3.26. The van der Waals surface area contributed by atoms with Crippen LogP contribution >= 0.6 is 0 Å². The van der Waals surface area contributed by atoms with Gasteiger partial charge in [0.05, 0.1) is 0 Å². The Labute approximate surface area is 169 Å². The average molecular weight is 489 g/mol. The molecule has 1 heteroatoms. The summed E-state index contributed by atoms with van der Waals surface area (Å²) in [5, 5.41) is 0. The van der Waals surface area contributed by atoms with Gasteiger partial charge in [-0.25, -0.2) is 12.1 Å². The van der Waals surface area contributed by atoms with Crippen molar-refractivity contribution in [2.24, 2.45) is 0 Å². The van der Waals surface area contributed by atoms with Gasteiger partial charge in [-0.2, -0.15) is 46.5 Å². The number of benzene rings is 2. The smallest absolute Gasteiger partial charge is 0 e. The minimum Gasteiger partial charge on any atom is -0.203 e. The van der Waals surface area contributed by atoms with Crippen LogP contribution < -0.4 is 0 Å². The molecule has 0 spiro atoms. The van der Waals surface area contributed by atoms with E-state index in [2.05, 4.69) is 98.8 Å². The van der Waals surface area contributed by atoms with Gasteiger partial charge >= 0.3 is 0 Å². The van der Waals surface area contributed by atoms with Gasteiger partial charge in [0.15, 0.2) is 0 Å². The van der Waals surface area contributed by atoms with E-state index in [-0.39, 0.29) is 25.8 Å². The molecule has 0 unspecified atom stereocenters. The van der Waals surface area contributed by atoms with Gasteiger partial charge in [0.2, 0.25) is 0 Å². The minimum atomic E-state index is 0. The van der Waals surface area contributed by atoms with Gasteiger partial charge in [-0.05, 0) is 0 Å². The molecular weight excluding hydrogens is 467 g/mol. The molecule has 0 saturated heterocycles. The van der Waals surface area contributed by atoms with E-state index in [4.69, 9.17) is 0 Å². The molecule has 0 fully saturated rings. The van der Waals surface area contributed by atoms with Gasteiger partial charge < -0.3 is 0 Å². The minimum absolute atomic E-state index is 0. The molecule has 4 rings (SSSR count). The van der Waals surface area contributed by atoms with Crippen LogP contribution in [-0.4, -0.2) is 0 Å². The normalized spacial score (nSPS) is 9.68. The molecule has 0 amide bonds. The Balaban J connectivity index is 0.000000173. The molecule has 0 heterocycles. The second kappa shape index (κ2) is 9.48. The molecule has 0 nitrogen and oxygen atoms in total. The maximum atomic E-state index is 2.20. The van der Waals surface area contributed by atoms with Gasteiger partial charge in [0, 0.05) is 25.8 Å². The molecule has 0 aliphatic carbocycles. The Morgan fingerprint density at radius 3 is 1.16 bits per heavy atom. The van der Waals surface area contributed by atoms with Crippen molar-refractivity contribution in [1.82, 2.24) is 0 Å². The molecule has 25 heavy (non-hydrogen) atoms. The molecular formula is C24H22Hf-2. The van der Waals surface area contributed by atoms with Gasteiger partial charge in [-0.15, -0.1) is 0 Å². The summed E-state index contributed by atoms with van der Waals surface area (Å²) in [7, 11) is 0. The fraction of sp³-hybridized carbons (Fsp3) is 0.0833. The largest absolute Gasteiger partial charge is 0.203 e. The zero-order chi connectivity index (χ0) is 16.8. The molecule has 0 radical (unpaired) electrons. The standard InChI is InChI=1S/2C12H11.Hf/c2*1-10-7-8-12(9-10)11-5-3-2-4-6-11;/h2*2-9H,1H3;/q2*-1;. The molecule has 0 N–H and O–H groups in total. The summed E-state index contributed by atoms with van der Waals surface area (Å²) in [6.07, 6.45) is 0. The maximum Gasteiger partial charge on any atom is 0 e. The van der Waals surface area contributed by atoms with Crippen LogP contribution in [0.3, 0.4) is 0 Å². The van der Waals surface area contributed by atoms with Crippen LogP contribution in [0.25, 0.3) is 22.3 Å². The molecule has 0 bridgehead atoms. The van der Waals surface area contributed by atoms with E-state index < -0.39 is 0 Å². The van der Waals surface area contributed by atoms with E-state index in [1.54, 1.807) is 0 Å². The molecule has 0 aliphatic heterocycles. The van der Waals surface area contributed by atoms with Crippen molar-refractivity contribution >= 4 is 0 Å². The van der Waals surface area contributed by atoms with Crippen LogP contribution in [0.4, 0.5) is 0 Å². The first-order valence-corrected chi connectivity index (χ1v) is 8.30. The Hall–Kier alpha value is -1.99. The summed E-state index contributed by atoms with van der Waals surface area (Å²) in [6.45, 7) is 4.24. The van der Waals surface area contributed by atoms with Crippen molar-refractivity contribution in [2.45, 2.75) is 13.8 Å². The van der Waals surface area contributed by atoms with Crippen molar-refractivity contribution in [3.05, 3.63) is 108 Å². The predicted octanol–water partition coefficient (Wildman–Crippen LogP) is 6.76. The summed E-state index contributed by atoms with van der Waals surface area (Å²) in [4.78, 5) is 0. The summed E-state index contributed by atoms with van der Waals surface area (Å²) in [5.74, 6) is 0. The monoisotopic (exact) mass is 490 g/mol. The Kier molecular flexibility index (Phi) is 7.33. The topological polar surface area (TPSA) is 0 Å². The van der Waals surface area contributed by atoms with Crippen LogP contribution in [0.15, 0.2) is 97.1 Å². The third kappa shape index (κ3) is 5.51. The van der Waals surface area contributed by atoms with Crippen LogP contribution in [0.1, 0.15) is 11.1 Å². The van der Waals surface area contributed by atoms with E-state index in [1.807, 2.05) is 12.1 Å². The molecule has 0 atom stereocenters. The Bertz CT molecular complexity index is 791. The first-order chi connectivity index (χ1) is 11.7. The van der Waals surface area contributed by atoms with Crippen molar-refractivity contribution in [3.8, 4) is 22.3 Å². The Morgan fingerprint density at radius 1 is 0.520 bits per heavy atom. The second-order valence-electron chi connectivity index (χ2n) is 6.09. The molecule has 4 aromatic rings. The van der Waals surface area contributed by atoms with E-state index in [1.165, 1.54) is 33.4 Å². The van der Waals surface area contributed by atoms with Crippen molar-refractivity contribution < 1.29 is 25.8 Å².